The van der Waals surface area contributed by atoms with Gasteiger partial charge in [0, 0.05) is 6.42 Å². The fourth-order valence-corrected chi connectivity index (χ4v) is 2.73. The number of anilines is 1. The third-order valence-corrected chi connectivity index (χ3v) is 4.15. The standard InChI is InChI=1S/C9H13N3O6S2.Na/c1-2-3-7-11-12-9(19-7)10-6(13)4-5(8(14)15)20(16,17)18;/h5H,2-4H2,1H3,(H,14,15)(H,10,12,13)(H,16,17,18);/q;+1/p-1. The van der Waals surface area contributed by atoms with Gasteiger partial charge in [-0.25, -0.2) is 0 Å². The van der Waals surface area contributed by atoms with Crippen molar-refractivity contribution in [3.05, 3.63) is 5.01 Å². The predicted molar refractivity (Wildman–Crippen MR) is 67.5 cm³/mol. The fourth-order valence-electron chi connectivity index (χ4n) is 1.27. The SMILES string of the molecule is CCCc1nnc(NC(=O)CC(C(=O)[O-])S(=O)(=O)O)s1.[Na+]. The van der Waals surface area contributed by atoms with Crippen molar-refractivity contribution < 1.29 is 57.2 Å². The number of aliphatic carboxylic acids is 1. The van der Waals surface area contributed by atoms with Crippen molar-refractivity contribution >= 4 is 38.5 Å². The first kappa shape index (κ1) is 20.4. The fraction of sp³-hybridized carbons (Fsp3) is 0.556. The molecular weight excluding hydrogens is 333 g/mol. The van der Waals surface area contributed by atoms with Crippen LogP contribution in [0.5, 0.6) is 0 Å². The van der Waals surface area contributed by atoms with E-state index in [0.29, 0.717) is 11.4 Å². The van der Waals surface area contributed by atoms with Crippen molar-refractivity contribution in [1.82, 2.24) is 10.2 Å². The van der Waals surface area contributed by atoms with E-state index >= 15 is 0 Å². The predicted octanol–water partition coefficient (Wildman–Crippen LogP) is -4.17. The van der Waals surface area contributed by atoms with Crippen molar-refractivity contribution in [3.63, 3.8) is 0 Å². The molecule has 112 valence electrons. The Bertz CT molecular complexity index is 602. The van der Waals surface area contributed by atoms with E-state index in [1.54, 1.807) is 0 Å². The summed E-state index contributed by atoms with van der Waals surface area (Å²) >= 11 is 1.10. The quantitative estimate of drug-likeness (QED) is 0.373. The second-order valence-electron chi connectivity index (χ2n) is 3.83. The zero-order chi connectivity index (χ0) is 15.3. The van der Waals surface area contributed by atoms with Gasteiger partial charge in [-0.05, 0) is 6.42 Å². The maximum absolute atomic E-state index is 11.5. The van der Waals surface area contributed by atoms with E-state index in [1.807, 2.05) is 6.92 Å². The van der Waals surface area contributed by atoms with Crippen LogP contribution >= 0.6 is 11.3 Å². The van der Waals surface area contributed by atoms with E-state index in [2.05, 4.69) is 15.5 Å². The topological polar surface area (TPSA) is 149 Å². The number of carboxylic acid groups (broad SMARTS) is 1. The van der Waals surface area contributed by atoms with E-state index in [9.17, 15) is 23.1 Å². The molecule has 1 amide bonds. The Morgan fingerprint density at radius 2 is 2.05 bits per heavy atom. The second kappa shape index (κ2) is 8.76. The van der Waals surface area contributed by atoms with Gasteiger partial charge in [-0.3, -0.25) is 9.35 Å². The zero-order valence-electron chi connectivity index (χ0n) is 11.4. The maximum atomic E-state index is 11.5. The van der Waals surface area contributed by atoms with Crippen LogP contribution in [0.3, 0.4) is 0 Å². The number of hydrogen-bond donors (Lipinski definition) is 2. The largest absolute Gasteiger partial charge is 1.00 e. The van der Waals surface area contributed by atoms with Crippen LogP contribution in [0, 0.1) is 0 Å². The second-order valence-corrected chi connectivity index (χ2v) is 6.49. The van der Waals surface area contributed by atoms with E-state index in [4.69, 9.17) is 4.55 Å². The van der Waals surface area contributed by atoms with E-state index < -0.39 is 33.7 Å². The van der Waals surface area contributed by atoms with Gasteiger partial charge in [0.25, 0.3) is 10.1 Å². The number of aryl methyl sites for hydroxylation is 1. The first-order valence-electron chi connectivity index (χ1n) is 5.53. The molecule has 9 nitrogen and oxygen atoms in total. The van der Waals surface area contributed by atoms with Crippen LogP contribution in [-0.4, -0.2) is 40.3 Å². The van der Waals surface area contributed by atoms with Gasteiger partial charge in [0.1, 0.15) is 10.3 Å². The molecule has 1 aromatic rings. The molecule has 0 aliphatic heterocycles. The van der Waals surface area contributed by atoms with Crippen LogP contribution in [0.15, 0.2) is 0 Å². The van der Waals surface area contributed by atoms with Crippen molar-refractivity contribution in [1.29, 1.82) is 0 Å². The number of carbonyl (C=O) groups is 2. The van der Waals surface area contributed by atoms with E-state index in [0.717, 1.165) is 17.8 Å². The molecule has 21 heavy (non-hydrogen) atoms. The molecule has 1 heterocycles. The molecular formula is C9H12N3NaO6S2. The summed E-state index contributed by atoms with van der Waals surface area (Å²) in [7, 11) is -4.91. The summed E-state index contributed by atoms with van der Waals surface area (Å²) in [6.45, 7) is 1.94. The number of amides is 1. The van der Waals surface area contributed by atoms with Crippen LogP contribution < -0.4 is 40.0 Å². The number of aromatic nitrogens is 2. The van der Waals surface area contributed by atoms with Crippen molar-refractivity contribution in [2.24, 2.45) is 0 Å². The summed E-state index contributed by atoms with van der Waals surface area (Å²) in [5.74, 6) is -2.97. The molecule has 0 aromatic carbocycles. The van der Waals surface area contributed by atoms with Gasteiger partial charge >= 0.3 is 29.6 Å². The summed E-state index contributed by atoms with van der Waals surface area (Å²) in [5.41, 5.74) is 0. The van der Waals surface area contributed by atoms with Gasteiger partial charge in [-0.1, -0.05) is 18.3 Å². The Labute approximate surface area is 147 Å². The van der Waals surface area contributed by atoms with E-state index in [-0.39, 0.29) is 34.7 Å². The summed E-state index contributed by atoms with van der Waals surface area (Å²) in [6.07, 6.45) is 0.558. The minimum absolute atomic E-state index is 0. The zero-order valence-corrected chi connectivity index (χ0v) is 15.0. The van der Waals surface area contributed by atoms with Gasteiger partial charge in [-0.2, -0.15) is 8.42 Å². The van der Waals surface area contributed by atoms with Gasteiger partial charge in [0.05, 0.1) is 12.4 Å². The first-order chi connectivity index (χ1) is 9.24. The molecule has 0 bridgehead atoms. The Balaban J connectivity index is 0.00000400. The average Bonchev–Trinajstić information content (AvgIpc) is 2.72. The molecule has 0 saturated heterocycles. The molecule has 1 atom stereocenters. The molecule has 1 rings (SSSR count). The summed E-state index contributed by atoms with van der Waals surface area (Å²) < 4.78 is 30.2. The molecule has 0 saturated carbocycles. The smallest absolute Gasteiger partial charge is 0.549 e. The molecule has 1 aromatic heterocycles. The van der Waals surface area contributed by atoms with Gasteiger partial charge in [-0.15, -0.1) is 10.2 Å². The monoisotopic (exact) mass is 345 g/mol. The Morgan fingerprint density at radius 3 is 2.52 bits per heavy atom. The van der Waals surface area contributed by atoms with Crippen molar-refractivity contribution in [2.75, 3.05) is 5.32 Å². The average molecular weight is 345 g/mol. The molecule has 0 fully saturated rings. The molecule has 0 spiro atoms. The van der Waals surface area contributed by atoms with Crippen LogP contribution in [0.2, 0.25) is 0 Å². The summed E-state index contributed by atoms with van der Waals surface area (Å²) in [4.78, 5) is 22.1. The third kappa shape index (κ3) is 6.80. The minimum atomic E-state index is -4.91. The molecule has 0 aliphatic carbocycles. The van der Waals surface area contributed by atoms with Gasteiger partial charge in [0.2, 0.25) is 11.0 Å². The van der Waals surface area contributed by atoms with Gasteiger partial charge in [0.15, 0.2) is 0 Å². The third-order valence-electron chi connectivity index (χ3n) is 2.17. The Hall–Kier alpha value is -0.590. The van der Waals surface area contributed by atoms with Gasteiger partial charge < -0.3 is 15.2 Å². The molecule has 1 unspecified atom stereocenters. The van der Waals surface area contributed by atoms with E-state index in [1.165, 1.54) is 0 Å². The summed E-state index contributed by atoms with van der Waals surface area (Å²) in [5, 5.41) is 18.7. The number of nitrogens with zero attached hydrogens (tertiary/aromatic N) is 2. The molecule has 0 aliphatic rings. The number of carbonyl (C=O) groups excluding carboxylic acids is 2. The minimum Gasteiger partial charge on any atom is -0.549 e. The normalized spacial score (nSPS) is 12.3. The molecule has 0 radical (unpaired) electrons. The molecule has 12 heteroatoms. The summed E-state index contributed by atoms with van der Waals surface area (Å²) in [6, 6.07) is 0. The number of rotatable bonds is 7. The van der Waals surface area contributed by atoms with Crippen LogP contribution in [0.4, 0.5) is 5.13 Å². The Kier molecular flexibility index (Phi) is 8.51. The van der Waals surface area contributed by atoms with Crippen molar-refractivity contribution in [2.45, 2.75) is 31.4 Å². The van der Waals surface area contributed by atoms with Crippen LogP contribution in [0.25, 0.3) is 0 Å². The maximum Gasteiger partial charge on any atom is 1.00 e. The number of nitrogens with one attached hydrogen (secondary N) is 1. The van der Waals surface area contributed by atoms with Crippen molar-refractivity contribution in [3.8, 4) is 0 Å². The van der Waals surface area contributed by atoms with Crippen LogP contribution in [0.1, 0.15) is 24.8 Å². The molecule has 2 N–H and O–H groups in total. The number of carboxylic acids is 1. The first-order valence-corrected chi connectivity index (χ1v) is 7.85. The van der Waals surface area contributed by atoms with Crippen LogP contribution in [-0.2, 0) is 26.1 Å². The number of hydrogen-bond acceptors (Lipinski definition) is 8. The Morgan fingerprint density at radius 1 is 1.43 bits per heavy atom.